The van der Waals surface area contributed by atoms with Gasteiger partial charge in [-0.2, -0.15) is 0 Å². The lowest BCUT2D eigenvalue weighted by Gasteiger charge is -2.28. The first-order chi connectivity index (χ1) is 20.8. The molecule has 6 aromatic rings. The van der Waals surface area contributed by atoms with Crippen LogP contribution in [-0.4, -0.2) is 0 Å². The van der Waals surface area contributed by atoms with Crippen LogP contribution in [0.2, 0.25) is 0 Å². The van der Waals surface area contributed by atoms with Gasteiger partial charge in [0.25, 0.3) is 0 Å². The highest BCUT2D eigenvalue weighted by atomic mass is 15.1. The Morgan fingerprint density at radius 3 is 1.49 bits per heavy atom. The van der Waals surface area contributed by atoms with Crippen LogP contribution in [0.5, 0.6) is 0 Å². The van der Waals surface area contributed by atoms with Gasteiger partial charge in [-0.3, -0.25) is 0 Å². The van der Waals surface area contributed by atoms with Gasteiger partial charge in [0.15, 0.2) is 0 Å². The van der Waals surface area contributed by atoms with E-state index >= 15 is 0 Å². The number of nitrogens with zero attached hydrogens (tertiary/aromatic N) is 1. The molecule has 0 saturated heterocycles. The molecule has 1 nitrogen and oxygen atoms in total. The molecule has 0 spiro atoms. The molecule has 0 atom stereocenters. The quantitative estimate of drug-likeness (QED) is 0.210. The summed E-state index contributed by atoms with van der Waals surface area (Å²) in [6.45, 7) is 9.52. The van der Waals surface area contributed by atoms with E-state index in [2.05, 4.69) is 172 Å². The topological polar surface area (TPSA) is 3.24 Å². The number of para-hydroxylation sites is 1. The Balaban J connectivity index is 1.25. The van der Waals surface area contributed by atoms with Crippen LogP contribution in [0.1, 0.15) is 49.9 Å². The molecule has 2 aliphatic carbocycles. The Bertz CT molecular complexity index is 2000. The zero-order chi connectivity index (χ0) is 29.3. The summed E-state index contributed by atoms with van der Waals surface area (Å²) in [4.78, 5) is 2.38. The molecule has 2 aliphatic rings. The number of rotatable bonds is 4. The summed E-state index contributed by atoms with van der Waals surface area (Å²) >= 11 is 0. The van der Waals surface area contributed by atoms with Gasteiger partial charge in [-0.15, -0.1) is 0 Å². The van der Waals surface area contributed by atoms with Gasteiger partial charge < -0.3 is 4.90 Å². The van der Waals surface area contributed by atoms with E-state index in [-0.39, 0.29) is 10.8 Å². The van der Waals surface area contributed by atoms with Crippen LogP contribution in [0.4, 0.5) is 17.1 Å². The lowest BCUT2D eigenvalue weighted by Crippen LogP contribution is -2.17. The molecule has 0 N–H and O–H groups in total. The average molecular weight is 554 g/mol. The van der Waals surface area contributed by atoms with Crippen molar-refractivity contribution in [2.45, 2.75) is 38.5 Å². The van der Waals surface area contributed by atoms with E-state index in [1.54, 1.807) is 0 Å². The van der Waals surface area contributed by atoms with Crippen LogP contribution in [-0.2, 0) is 10.8 Å². The minimum atomic E-state index is -0.114. The largest absolute Gasteiger partial charge is 0.310 e. The van der Waals surface area contributed by atoms with Gasteiger partial charge in [0.2, 0.25) is 0 Å². The number of hydrogen-bond donors (Lipinski definition) is 0. The highest BCUT2D eigenvalue weighted by Gasteiger charge is 2.41. The third-order valence-corrected chi connectivity index (χ3v) is 9.87. The van der Waals surface area contributed by atoms with Crippen molar-refractivity contribution >= 4 is 17.1 Å². The first-order valence-corrected chi connectivity index (χ1v) is 15.3. The molecule has 0 fully saturated rings. The fraction of sp³-hybridized carbons (Fsp3) is 0.143. The van der Waals surface area contributed by atoms with E-state index in [1.165, 1.54) is 61.3 Å². The molecule has 0 bridgehead atoms. The molecule has 0 unspecified atom stereocenters. The molecule has 0 amide bonds. The molecular formula is C42H35N. The molecule has 0 aliphatic heterocycles. The van der Waals surface area contributed by atoms with Gasteiger partial charge in [-0.1, -0.05) is 119 Å². The first-order valence-electron chi connectivity index (χ1n) is 15.3. The van der Waals surface area contributed by atoms with E-state index in [0.717, 1.165) is 11.4 Å². The zero-order valence-electron chi connectivity index (χ0n) is 25.2. The van der Waals surface area contributed by atoms with Crippen LogP contribution >= 0.6 is 0 Å². The highest BCUT2D eigenvalue weighted by molar-refractivity contribution is 5.91. The van der Waals surface area contributed by atoms with E-state index in [9.17, 15) is 0 Å². The summed E-state index contributed by atoms with van der Waals surface area (Å²) in [6.07, 6.45) is 0. The summed E-state index contributed by atoms with van der Waals surface area (Å²) in [5, 5.41) is 0. The van der Waals surface area contributed by atoms with E-state index in [0.29, 0.717) is 0 Å². The second kappa shape index (κ2) is 9.31. The van der Waals surface area contributed by atoms with Crippen molar-refractivity contribution in [1.29, 1.82) is 0 Å². The summed E-state index contributed by atoms with van der Waals surface area (Å²) < 4.78 is 0. The van der Waals surface area contributed by atoms with E-state index in [4.69, 9.17) is 0 Å². The van der Waals surface area contributed by atoms with Gasteiger partial charge in [0.05, 0.1) is 0 Å². The first kappa shape index (κ1) is 25.8. The van der Waals surface area contributed by atoms with E-state index in [1.807, 2.05) is 0 Å². The molecule has 0 aromatic heterocycles. The Morgan fingerprint density at radius 1 is 0.349 bits per heavy atom. The Hall–Kier alpha value is -4.88. The molecule has 1 heteroatoms. The van der Waals surface area contributed by atoms with Crippen molar-refractivity contribution in [2.75, 3.05) is 4.90 Å². The van der Waals surface area contributed by atoms with Crippen LogP contribution in [0, 0.1) is 0 Å². The van der Waals surface area contributed by atoms with E-state index < -0.39 is 0 Å². The standard InChI is InChI=1S/C42H35N/c1-41(2)37-18-12-11-17-33(37)35-26-40-36(27-39(35)41)34-24-23-32(25-38(34)42(40,3)4)43(30-15-9-6-10-16-30)31-21-19-29(20-22-31)28-13-7-5-8-14-28/h5-27H,1-4H3. The van der Waals surface area contributed by atoms with Crippen molar-refractivity contribution in [1.82, 2.24) is 0 Å². The maximum atomic E-state index is 2.50. The summed E-state index contributed by atoms with van der Waals surface area (Å²) in [7, 11) is 0. The fourth-order valence-electron chi connectivity index (χ4n) is 7.51. The predicted octanol–water partition coefficient (Wildman–Crippen LogP) is 11.4. The third-order valence-electron chi connectivity index (χ3n) is 9.87. The molecule has 0 saturated carbocycles. The van der Waals surface area contributed by atoms with Gasteiger partial charge in [0, 0.05) is 27.9 Å². The molecule has 0 radical (unpaired) electrons. The summed E-state index contributed by atoms with van der Waals surface area (Å²) in [5.74, 6) is 0. The Kier molecular flexibility index (Phi) is 5.59. The normalized spacial score (nSPS) is 14.9. The smallest absolute Gasteiger partial charge is 0.0465 e. The number of fused-ring (bicyclic) bond motifs is 6. The van der Waals surface area contributed by atoms with Crippen molar-refractivity contribution in [2.24, 2.45) is 0 Å². The summed E-state index contributed by atoms with van der Waals surface area (Å²) in [5.41, 5.74) is 17.0. The van der Waals surface area contributed by atoms with Gasteiger partial charge >= 0.3 is 0 Å². The maximum Gasteiger partial charge on any atom is 0.0465 e. The van der Waals surface area contributed by atoms with Gasteiger partial charge in [-0.25, -0.2) is 0 Å². The number of benzene rings is 6. The van der Waals surface area contributed by atoms with Crippen LogP contribution in [0.15, 0.2) is 140 Å². The van der Waals surface area contributed by atoms with Crippen molar-refractivity contribution < 1.29 is 0 Å². The SMILES string of the molecule is CC1(C)c2ccccc2-c2cc3c(cc21)-c1ccc(N(c2ccccc2)c2ccc(-c4ccccc4)cc2)cc1C3(C)C. The van der Waals surface area contributed by atoms with Crippen LogP contribution in [0.3, 0.4) is 0 Å². The Labute approximate surface area is 255 Å². The molecule has 43 heavy (non-hydrogen) atoms. The highest BCUT2D eigenvalue weighted by Crippen LogP contribution is 2.56. The van der Waals surface area contributed by atoms with Crippen LogP contribution < -0.4 is 4.90 Å². The minimum absolute atomic E-state index is 0.0101. The molecule has 6 aromatic carbocycles. The zero-order valence-corrected chi connectivity index (χ0v) is 25.2. The number of hydrogen-bond acceptors (Lipinski definition) is 1. The average Bonchev–Trinajstić information content (AvgIpc) is 3.41. The lowest BCUT2D eigenvalue weighted by molar-refractivity contribution is 0.652. The van der Waals surface area contributed by atoms with Crippen molar-refractivity contribution in [3.05, 3.63) is 162 Å². The third kappa shape index (κ3) is 3.85. The lowest BCUT2D eigenvalue weighted by atomic mass is 9.79. The van der Waals surface area contributed by atoms with Crippen LogP contribution in [0.25, 0.3) is 33.4 Å². The summed E-state index contributed by atoms with van der Waals surface area (Å²) in [6, 6.07) is 51.3. The second-order valence-electron chi connectivity index (χ2n) is 13.1. The molecule has 0 heterocycles. The molecule has 8 rings (SSSR count). The fourth-order valence-corrected chi connectivity index (χ4v) is 7.51. The van der Waals surface area contributed by atoms with Crippen molar-refractivity contribution in [3.8, 4) is 33.4 Å². The second-order valence-corrected chi connectivity index (χ2v) is 13.1. The van der Waals surface area contributed by atoms with Gasteiger partial charge in [-0.05, 0) is 104 Å². The minimum Gasteiger partial charge on any atom is -0.310 e. The molecule has 208 valence electrons. The van der Waals surface area contributed by atoms with Gasteiger partial charge in [0.1, 0.15) is 0 Å². The maximum absolute atomic E-state index is 2.50. The predicted molar refractivity (Wildman–Crippen MR) is 182 cm³/mol. The monoisotopic (exact) mass is 553 g/mol. The van der Waals surface area contributed by atoms with Crippen molar-refractivity contribution in [3.63, 3.8) is 0 Å². The Morgan fingerprint density at radius 2 is 0.814 bits per heavy atom. The molecular weight excluding hydrogens is 518 g/mol. The number of anilines is 3.